The van der Waals surface area contributed by atoms with Gasteiger partial charge in [0.05, 0.1) is 6.26 Å². The molecular formula is C13H20ClN3O3S. The minimum absolute atomic E-state index is 0. The van der Waals surface area contributed by atoms with Crippen molar-refractivity contribution in [2.24, 2.45) is 11.7 Å². The van der Waals surface area contributed by atoms with Crippen molar-refractivity contribution < 1.29 is 13.2 Å². The standard InChI is InChI=1S/C13H19N3O3S.ClH/c1-20(18,19)16-11-6-4-10(5-7-11)13(17)15-8-12(14)9-2-3-9;/h4-7,9,12,16H,2-3,8,14H2,1H3,(H,15,17);1H. The Balaban J connectivity index is 0.00000220. The normalized spacial score (nSPS) is 15.7. The summed E-state index contributed by atoms with van der Waals surface area (Å²) in [6.07, 6.45) is 3.36. The summed E-state index contributed by atoms with van der Waals surface area (Å²) in [4.78, 5) is 11.9. The first-order valence-corrected chi connectivity index (χ1v) is 8.36. The number of benzene rings is 1. The first-order chi connectivity index (χ1) is 9.35. The Morgan fingerprint density at radius 1 is 1.33 bits per heavy atom. The van der Waals surface area contributed by atoms with Crippen LogP contribution in [0.3, 0.4) is 0 Å². The van der Waals surface area contributed by atoms with Gasteiger partial charge in [0.15, 0.2) is 0 Å². The quantitative estimate of drug-likeness (QED) is 0.721. The van der Waals surface area contributed by atoms with Gasteiger partial charge in [-0.1, -0.05) is 0 Å². The molecule has 4 N–H and O–H groups in total. The second-order valence-corrected chi connectivity index (χ2v) is 6.91. The predicted molar refractivity (Wildman–Crippen MR) is 85.2 cm³/mol. The lowest BCUT2D eigenvalue weighted by Crippen LogP contribution is -2.38. The van der Waals surface area contributed by atoms with E-state index in [4.69, 9.17) is 5.73 Å². The Morgan fingerprint density at radius 2 is 1.90 bits per heavy atom. The molecule has 2 rings (SSSR count). The Kier molecular flexibility index (Phi) is 6.00. The molecular weight excluding hydrogens is 314 g/mol. The van der Waals surface area contributed by atoms with E-state index < -0.39 is 10.0 Å². The molecule has 1 fully saturated rings. The van der Waals surface area contributed by atoms with Crippen molar-refractivity contribution in [1.29, 1.82) is 0 Å². The van der Waals surface area contributed by atoms with Gasteiger partial charge in [-0.25, -0.2) is 8.42 Å². The zero-order chi connectivity index (χ0) is 14.8. The Bertz CT molecular complexity index is 585. The lowest BCUT2D eigenvalue weighted by molar-refractivity contribution is 0.0950. The van der Waals surface area contributed by atoms with E-state index in [1.54, 1.807) is 24.3 Å². The Hall–Kier alpha value is -1.31. The summed E-state index contributed by atoms with van der Waals surface area (Å²) in [6.45, 7) is 0.465. The molecule has 0 aliphatic heterocycles. The zero-order valence-electron chi connectivity index (χ0n) is 11.7. The molecule has 1 aromatic rings. The number of hydrogen-bond acceptors (Lipinski definition) is 4. The molecule has 21 heavy (non-hydrogen) atoms. The highest BCUT2D eigenvalue weighted by Crippen LogP contribution is 2.31. The van der Waals surface area contributed by atoms with E-state index in [0.29, 0.717) is 23.7 Å². The van der Waals surface area contributed by atoms with Crippen LogP contribution in [0.1, 0.15) is 23.2 Å². The molecule has 1 saturated carbocycles. The molecule has 6 nitrogen and oxygen atoms in total. The van der Waals surface area contributed by atoms with Crippen LogP contribution in [0.4, 0.5) is 5.69 Å². The van der Waals surface area contributed by atoms with Gasteiger partial charge in [0.1, 0.15) is 0 Å². The van der Waals surface area contributed by atoms with E-state index >= 15 is 0 Å². The highest BCUT2D eigenvalue weighted by molar-refractivity contribution is 7.92. The molecule has 0 bridgehead atoms. The average molecular weight is 334 g/mol. The van der Waals surface area contributed by atoms with Gasteiger partial charge in [-0.2, -0.15) is 0 Å². The number of carbonyl (C=O) groups excluding carboxylic acids is 1. The van der Waals surface area contributed by atoms with Crippen LogP contribution in [0.5, 0.6) is 0 Å². The summed E-state index contributed by atoms with van der Waals surface area (Å²) in [5, 5.41) is 2.79. The minimum atomic E-state index is -3.30. The fourth-order valence-electron chi connectivity index (χ4n) is 1.91. The van der Waals surface area contributed by atoms with Gasteiger partial charge in [-0.15, -0.1) is 12.4 Å². The van der Waals surface area contributed by atoms with Crippen LogP contribution in [0.15, 0.2) is 24.3 Å². The highest BCUT2D eigenvalue weighted by Gasteiger charge is 2.28. The number of carbonyl (C=O) groups is 1. The largest absolute Gasteiger partial charge is 0.350 e. The fourth-order valence-corrected chi connectivity index (χ4v) is 2.47. The van der Waals surface area contributed by atoms with Crippen molar-refractivity contribution in [3.63, 3.8) is 0 Å². The fraction of sp³-hybridized carbons (Fsp3) is 0.462. The number of anilines is 1. The number of nitrogens with two attached hydrogens (primary N) is 1. The van der Waals surface area contributed by atoms with Gasteiger partial charge >= 0.3 is 0 Å². The summed E-state index contributed by atoms with van der Waals surface area (Å²) < 4.78 is 24.5. The highest BCUT2D eigenvalue weighted by atomic mass is 35.5. The minimum Gasteiger partial charge on any atom is -0.350 e. The van der Waals surface area contributed by atoms with Gasteiger partial charge in [-0.05, 0) is 43.0 Å². The van der Waals surface area contributed by atoms with Crippen molar-refractivity contribution in [3.8, 4) is 0 Å². The average Bonchev–Trinajstić information content (AvgIpc) is 3.18. The van der Waals surface area contributed by atoms with Crippen LogP contribution in [0, 0.1) is 5.92 Å². The molecule has 0 aromatic heterocycles. The number of rotatable bonds is 6. The van der Waals surface area contributed by atoms with E-state index in [-0.39, 0.29) is 24.4 Å². The number of nitrogens with one attached hydrogen (secondary N) is 2. The maximum atomic E-state index is 11.9. The van der Waals surface area contributed by atoms with Crippen molar-refractivity contribution in [2.45, 2.75) is 18.9 Å². The van der Waals surface area contributed by atoms with Crippen molar-refractivity contribution in [3.05, 3.63) is 29.8 Å². The van der Waals surface area contributed by atoms with E-state index in [0.717, 1.165) is 19.1 Å². The lowest BCUT2D eigenvalue weighted by Gasteiger charge is -2.11. The van der Waals surface area contributed by atoms with Crippen LogP contribution in [-0.2, 0) is 10.0 Å². The monoisotopic (exact) mass is 333 g/mol. The topological polar surface area (TPSA) is 101 Å². The number of amides is 1. The van der Waals surface area contributed by atoms with E-state index in [2.05, 4.69) is 10.0 Å². The van der Waals surface area contributed by atoms with Gasteiger partial charge in [0.25, 0.3) is 5.91 Å². The van der Waals surface area contributed by atoms with E-state index in [9.17, 15) is 13.2 Å². The second kappa shape index (κ2) is 7.11. The molecule has 1 unspecified atom stereocenters. The SMILES string of the molecule is CS(=O)(=O)Nc1ccc(C(=O)NCC(N)C2CC2)cc1.Cl. The maximum Gasteiger partial charge on any atom is 0.251 e. The first-order valence-electron chi connectivity index (χ1n) is 6.47. The number of sulfonamides is 1. The predicted octanol–water partition coefficient (Wildman–Crippen LogP) is 0.947. The van der Waals surface area contributed by atoms with Gasteiger partial charge in [0, 0.05) is 23.8 Å². The van der Waals surface area contributed by atoms with Crippen LogP contribution < -0.4 is 15.8 Å². The van der Waals surface area contributed by atoms with Crippen molar-refractivity contribution in [1.82, 2.24) is 5.32 Å². The van der Waals surface area contributed by atoms with Crippen molar-refractivity contribution in [2.75, 3.05) is 17.5 Å². The number of hydrogen-bond donors (Lipinski definition) is 3. The second-order valence-electron chi connectivity index (χ2n) is 5.16. The summed E-state index contributed by atoms with van der Waals surface area (Å²) in [5.74, 6) is 0.337. The molecule has 1 aromatic carbocycles. The molecule has 118 valence electrons. The molecule has 8 heteroatoms. The Labute approximate surface area is 130 Å². The van der Waals surface area contributed by atoms with E-state index in [1.165, 1.54) is 0 Å². The van der Waals surface area contributed by atoms with Crippen molar-refractivity contribution >= 4 is 34.0 Å². The molecule has 0 radical (unpaired) electrons. The smallest absolute Gasteiger partial charge is 0.251 e. The summed E-state index contributed by atoms with van der Waals surface area (Å²) in [5.41, 5.74) is 6.82. The lowest BCUT2D eigenvalue weighted by atomic mass is 10.1. The summed E-state index contributed by atoms with van der Waals surface area (Å²) >= 11 is 0. The summed E-state index contributed by atoms with van der Waals surface area (Å²) in [6, 6.07) is 6.27. The third-order valence-electron chi connectivity index (χ3n) is 3.18. The van der Waals surface area contributed by atoms with Gasteiger partial charge < -0.3 is 11.1 Å². The third-order valence-corrected chi connectivity index (χ3v) is 3.78. The molecule has 1 amide bonds. The number of halogens is 1. The molecule has 0 spiro atoms. The molecule has 0 saturated heterocycles. The Morgan fingerprint density at radius 3 is 2.38 bits per heavy atom. The molecule has 1 aliphatic rings. The first kappa shape index (κ1) is 17.7. The summed E-state index contributed by atoms with van der Waals surface area (Å²) in [7, 11) is -3.30. The maximum absolute atomic E-state index is 11.9. The van der Waals surface area contributed by atoms with Crippen LogP contribution in [-0.4, -0.2) is 33.2 Å². The zero-order valence-corrected chi connectivity index (χ0v) is 13.3. The van der Waals surface area contributed by atoms with E-state index in [1.807, 2.05) is 0 Å². The molecule has 1 aliphatic carbocycles. The van der Waals surface area contributed by atoms with Crippen LogP contribution >= 0.6 is 12.4 Å². The molecule has 0 heterocycles. The molecule has 1 atom stereocenters. The van der Waals surface area contributed by atoms with Gasteiger partial charge in [-0.3, -0.25) is 9.52 Å². The third kappa shape index (κ3) is 5.91. The van der Waals surface area contributed by atoms with Crippen LogP contribution in [0.25, 0.3) is 0 Å². The van der Waals surface area contributed by atoms with Crippen LogP contribution in [0.2, 0.25) is 0 Å². The van der Waals surface area contributed by atoms with Gasteiger partial charge in [0.2, 0.25) is 10.0 Å².